The van der Waals surface area contributed by atoms with Gasteiger partial charge < -0.3 is 9.47 Å². The number of rotatable bonds is 4. The van der Waals surface area contributed by atoms with Crippen LogP contribution in [-0.4, -0.2) is 14.2 Å². The Hall–Kier alpha value is -4.30. The molecule has 0 fully saturated rings. The molecule has 2 heteroatoms. The van der Waals surface area contributed by atoms with Gasteiger partial charge in [-0.05, 0) is 116 Å². The van der Waals surface area contributed by atoms with Gasteiger partial charge in [-0.25, -0.2) is 0 Å². The van der Waals surface area contributed by atoms with Crippen molar-refractivity contribution in [2.24, 2.45) is 0 Å². The normalized spacial score (nSPS) is 12.5. The zero-order valence-electron chi connectivity index (χ0n) is 20.5. The zero-order chi connectivity index (χ0) is 24.2. The van der Waals surface area contributed by atoms with E-state index < -0.39 is 0 Å². The molecule has 0 radical (unpaired) electrons. The molecule has 174 valence electrons. The Kier molecular flexibility index (Phi) is 4.75. The van der Waals surface area contributed by atoms with Crippen molar-refractivity contribution in [2.75, 3.05) is 14.2 Å². The number of hydrogen-bond acceptors (Lipinski definition) is 2. The first-order valence-electron chi connectivity index (χ1n) is 12.4. The number of fused-ring (bicyclic) bond motifs is 6. The zero-order valence-corrected chi connectivity index (χ0v) is 20.5. The summed E-state index contributed by atoms with van der Waals surface area (Å²) >= 11 is 0. The van der Waals surface area contributed by atoms with Gasteiger partial charge in [0, 0.05) is 0 Å². The third-order valence-electron chi connectivity index (χ3n) is 7.73. The standard InChI is InChI=1S/C34H26O2/c1-35-29-9-3-21(4-10-29)23-7-13-31-25(15-23)17-27-19-34-28(20-33(27)31)18-26-16-24(8-14-32(26)34)22-5-11-30(36-2)12-6-22/h3-16,19-20H,17-18H2,1-2H3. The molecule has 2 nitrogen and oxygen atoms in total. The van der Waals surface area contributed by atoms with Crippen molar-refractivity contribution in [3.8, 4) is 56.0 Å². The topological polar surface area (TPSA) is 18.5 Å². The van der Waals surface area contributed by atoms with E-state index in [-0.39, 0.29) is 0 Å². The smallest absolute Gasteiger partial charge is 0.118 e. The highest BCUT2D eigenvalue weighted by atomic mass is 16.5. The van der Waals surface area contributed by atoms with Gasteiger partial charge in [-0.15, -0.1) is 0 Å². The predicted molar refractivity (Wildman–Crippen MR) is 147 cm³/mol. The van der Waals surface area contributed by atoms with Crippen LogP contribution in [0.5, 0.6) is 11.5 Å². The Morgan fingerprint density at radius 3 is 1.14 bits per heavy atom. The summed E-state index contributed by atoms with van der Waals surface area (Å²) in [6.07, 6.45) is 1.97. The molecule has 0 N–H and O–H groups in total. The lowest BCUT2D eigenvalue weighted by molar-refractivity contribution is 0.415. The van der Waals surface area contributed by atoms with Crippen molar-refractivity contribution < 1.29 is 9.47 Å². The molecule has 0 bridgehead atoms. The van der Waals surface area contributed by atoms with Crippen molar-refractivity contribution in [3.63, 3.8) is 0 Å². The lowest BCUT2D eigenvalue weighted by Gasteiger charge is -2.08. The molecule has 0 saturated heterocycles. The third-order valence-corrected chi connectivity index (χ3v) is 7.73. The van der Waals surface area contributed by atoms with Gasteiger partial charge in [0.1, 0.15) is 11.5 Å². The molecule has 7 rings (SSSR count). The van der Waals surface area contributed by atoms with Gasteiger partial charge >= 0.3 is 0 Å². The van der Waals surface area contributed by atoms with E-state index in [2.05, 4.69) is 72.8 Å². The van der Waals surface area contributed by atoms with Gasteiger partial charge in [0.15, 0.2) is 0 Å². The summed E-state index contributed by atoms with van der Waals surface area (Å²) < 4.78 is 10.6. The van der Waals surface area contributed by atoms with Crippen LogP contribution in [0.1, 0.15) is 22.3 Å². The van der Waals surface area contributed by atoms with Crippen molar-refractivity contribution in [2.45, 2.75) is 12.8 Å². The van der Waals surface area contributed by atoms with E-state index in [1.54, 1.807) is 14.2 Å². The molecule has 0 atom stereocenters. The van der Waals surface area contributed by atoms with Crippen LogP contribution >= 0.6 is 0 Å². The first-order chi connectivity index (χ1) is 17.7. The molecule has 2 aliphatic rings. The molecule has 5 aromatic carbocycles. The Morgan fingerprint density at radius 2 is 0.750 bits per heavy atom. The molecule has 0 saturated carbocycles. The highest BCUT2D eigenvalue weighted by Gasteiger charge is 2.25. The van der Waals surface area contributed by atoms with Gasteiger partial charge in [-0.1, -0.05) is 60.7 Å². The van der Waals surface area contributed by atoms with E-state index in [9.17, 15) is 0 Å². The maximum Gasteiger partial charge on any atom is 0.118 e. The molecule has 0 spiro atoms. The quantitative estimate of drug-likeness (QED) is 0.260. The molecule has 36 heavy (non-hydrogen) atoms. The summed E-state index contributed by atoms with van der Waals surface area (Å²) in [6, 6.07) is 35.3. The summed E-state index contributed by atoms with van der Waals surface area (Å²) in [5.74, 6) is 1.77. The average molecular weight is 467 g/mol. The van der Waals surface area contributed by atoms with Crippen LogP contribution in [0.4, 0.5) is 0 Å². The van der Waals surface area contributed by atoms with Crippen molar-refractivity contribution in [1.82, 2.24) is 0 Å². The Bertz CT molecular complexity index is 1500. The van der Waals surface area contributed by atoms with E-state index in [1.165, 1.54) is 66.8 Å². The van der Waals surface area contributed by atoms with E-state index >= 15 is 0 Å². The van der Waals surface area contributed by atoms with Crippen molar-refractivity contribution in [1.29, 1.82) is 0 Å². The molecule has 5 aromatic rings. The molecule has 0 amide bonds. The van der Waals surface area contributed by atoms with Gasteiger partial charge in [0.2, 0.25) is 0 Å². The van der Waals surface area contributed by atoms with E-state index in [4.69, 9.17) is 9.47 Å². The Labute approximate surface area is 211 Å². The van der Waals surface area contributed by atoms with Crippen LogP contribution in [0.25, 0.3) is 44.5 Å². The summed E-state index contributed by atoms with van der Waals surface area (Å²) in [6.45, 7) is 0. The van der Waals surface area contributed by atoms with Crippen LogP contribution in [0.3, 0.4) is 0 Å². The van der Waals surface area contributed by atoms with E-state index in [0.29, 0.717) is 0 Å². The number of methoxy groups -OCH3 is 2. The van der Waals surface area contributed by atoms with E-state index in [0.717, 1.165) is 24.3 Å². The van der Waals surface area contributed by atoms with Crippen LogP contribution in [0.2, 0.25) is 0 Å². The molecular formula is C34H26O2. The highest BCUT2D eigenvalue weighted by molar-refractivity contribution is 5.87. The van der Waals surface area contributed by atoms with Gasteiger partial charge in [0.05, 0.1) is 14.2 Å². The number of ether oxygens (including phenoxy) is 2. The SMILES string of the molecule is COc1ccc(-c2ccc3c(c2)Cc2cc4c(cc2-3)Cc2cc(-c3ccc(OC)cc3)ccc2-4)cc1. The van der Waals surface area contributed by atoms with E-state index in [1.807, 2.05) is 24.3 Å². The number of hydrogen-bond donors (Lipinski definition) is 0. The summed E-state index contributed by atoms with van der Waals surface area (Å²) in [5, 5.41) is 0. The molecule has 0 aromatic heterocycles. The predicted octanol–water partition coefficient (Wildman–Crippen LogP) is 8.18. The fourth-order valence-corrected chi connectivity index (χ4v) is 5.83. The van der Waals surface area contributed by atoms with Crippen molar-refractivity contribution >= 4 is 0 Å². The fraction of sp³-hybridized carbons (Fsp3) is 0.118. The van der Waals surface area contributed by atoms with Crippen LogP contribution in [0, 0.1) is 0 Å². The minimum Gasteiger partial charge on any atom is -0.497 e. The molecule has 0 heterocycles. The van der Waals surface area contributed by atoms with Gasteiger partial charge in [-0.2, -0.15) is 0 Å². The lowest BCUT2D eigenvalue weighted by atomic mass is 9.96. The monoisotopic (exact) mass is 466 g/mol. The maximum atomic E-state index is 5.32. The number of benzene rings is 5. The van der Waals surface area contributed by atoms with Crippen molar-refractivity contribution in [3.05, 3.63) is 119 Å². The second-order valence-electron chi connectivity index (χ2n) is 9.72. The minimum absolute atomic E-state index is 0.887. The first-order valence-corrected chi connectivity index (χ1v) is 12.4. The minimum atomic E-state index is 0.887. The second kappa shape index (κ2) is 8.13. The largest absolute Gasteiger partial charge is 0.497 e. The Balaban J connectivity index is 1.20. The maximum absolute atomic E-state index is 5.32. The highest BCUT2D eigenvalue weighted by Crippen LogP contribution is 2.46. The first kappa shape index (κ1) is 21.0. The molecular weight excluding hydrogens is 440 g/mol. The third kappa shape index (κ3) is 3.33. The second-order valence-corrected chi connectivity index (χ2v) is 9.72. The van der Waals surface area contributed by atoms with Gasteiger partial charge in [-0.3, -0.25) is 0 Å². The Morgan fingerprint density at radius 1 is 0.389 bits per heavy atom. The summed E-state index contributed by atoms with van der Waals surface area (Å²) in [7, 11) is 3.41. The summed E-state index contributed by atoms with van der Waals surface area (Å²) in [4.78, 5) is 0. The molecule has 2 aliphatic carbocycles. The molecule has 0 aliphatic heterocycles. The lowest BCUT2D eigenvalue weighted by Crippen LogP contribution is -1.86. The van der Waals surface area contributed by atoms with Gasteiger partial charge in [0.25, 0.3) is 0 Å². The van der Waals surface area contributed by atoms with Crippen LogP contribution in [-0.2, 0) is 12.8 Å². The fourth-order valence-electron chi connectivity index (χ4n) is 5.83. The molecule has 0 unspecified atom stereocenters. The van der Waals surface area contributed by atoms with Crippen LogP contribution in [0.15, 0.2) is 97.1 Å². The van der Waals surface area contributed by atoms with Crippen LogP contribution < -0.4 is 9.47 Å². The average Bonchev–Trinajstić information content (AvgIpc) is 3.48. The summed E-state index contributed by atoms with van der Waals surface area (Å²) in [5.41, 5.74) is 16.2.